The summed E-state index contributed by atoms with van der Waals surface area (Å²) in [6, 6.07) is 1.72. The third-order valence-corrected chi connectivity index (χ3v) is 2.90. The Morgan fingerprint density at radius 3 is 2.88 bits per heavy atom. The van der Waals surface area contributed by atoms with Crippen molar-refractivity contribution in [3.8, 4) is 5.88 Å². The van der Waals surface area contributed by atoms with E-state index in [0.29, 0.717) is 23.4 Å². The number of aromatic nitrogens is 2. The first kappa shape index (κ1) is 11.1. The molecule has 2 rings (SSSR count). The van der Waals surface area contributed by atoms with Gasteiger partial charge in [-0.25, -0.2) is 10.8 Å². The van der Waals surface area contributed by atoms with Crippen LogP contribution in [0.1, 0.15) is 31.5 Å². The zero-order chi connectivity index (χ0) is 11.4. The maximum atomic E-state index is 5.67. The van der Waals surface area contributed by atoms with Gasteiger partial charge in [-0.05, 0) is 25.7 Å². The lowest BCUT2D eigenvalue weighted by Crippen LogP contribution is -2.12. The van der Waals surface area contributed by atoms with E-state index in [2.05, 4.69) is 15.4 Å². The second-order valence-electron chi connectivity index (χ2n) is 4.24. The first-order chi connectivity index (χ1) is 7.78. The second-order valence-corrected chi connectivity index (χ2v) is 4.24. The molecule has 1 heterocycles. The monoisotopic (exact) mass is 222 g/mol. The van der Waals surface area contributed by atoms with Crippen molar-refractivity contribution < 1.29 is 4.74 Å². The van der Waals surface area contributed by atoms with Crippen molar-refractivity contribution in [1.29, 1.82) is 0 Å². The fourth-order valence-corrected chi connectivity index (χ4v) is 2.07. The summed E-state index contributed by atoms with van der Waals surface area (Å²) in [5.41, 5.74) is 2.51. The molecule has 1 aliphatic rings. The van der Waals surface area contributed by atoms with E-state index in [1.807, 2.05) is 6.92 Å². The van der Waals surface area contributed by atoms with E-state index in [1.165, 1.54) is 25.7 Å². The third kappa shape index (κ3) is 2.82. The molecule has 1 aromatic heterocycles. The van der Waals surface area contributed by atoms with Crippen LogP contribution in [0.3, 0.4) is 0 Å². The Bertz CT molecular complexity index is 350. The molecule has 0 aromatic carbocycles. The van der Waals surface area contributed by atoms with E-state index < -0.39 is 0 Å². The summed E-state index contributed by atoms with van der Waals surface area (Å²) >= 11 is 0. The lowest BCUT2D eigenvalue weighted by molar-refractivity contribution is 0.243. The maximum absolute atomic E-state index is 5.67. The van der Waals surface area contributed by atoms with Crippen LogP contribution in [0.2, 0.25) is 0 Å². The van der Waals surface area contributed by atoms with Crippen LogP contribution in [-0.4, -0.2) is 16.6 Å². The van der Waals surface area contributed by atoms with Crippen molar-refractivity contribution in [2.45, 2.75) is 32.6 Å². The Morgan fingerprint density at radius 1 is 1.44 bits per heavy atom. The molecule has 5 nitrogen and oxygen atoms in total. The highest BCUT2D eigenvalue weighted by Gasteiger charge is 2.15. The van der Waals surface area contributed by atoms with Crippen molar-refractivity contribution in [3.05, 3.63) is 11.9 Å². The number of anilines is 1. The van der Waals surface area contributed by atoms with Crippen LogP contribution in [0.15, 0.2) is 6.07 Å². The normalized spacial score (nSPS) is 16.4. The van der Waals surface area contributed by atoms with Gasteiger partial charge in [-0.15, -0.1) is 0 Å². The molecule has 0 atom stereocenters. The van der Waals surface area contributed by atoms with Crippen LogP contribution in [0.5, 0.6) is 5.88 Å². The molecule has 88 valence electrons. The van der Waals surface area contributed by atoms with E-state index in [9.17, 15) is 0 Å². The highest BCUT2D eigenvalue weighted by atomic mass is 16.5. The number of nitrogen functional groups attached to an aromatic ring is 1. The Kier molecular flexibility index (Phi) is 3.56. The minimum atomic E-state index is 0.592. The van der Waals surface area contributed by atoms with Crippen LogP contribution >= 0.6 is 0 Å². The van der Waals surface area contributed by atoms with Crippen molar-refractivity contribution in [2.75, 3.05) is 12.0 Å². The van der Waals surface area contributed by atoms with Crippen LogP contribution in [0.25, 0.3) is 0 Å². The number of rotatable bonds is 4. The average molecular weight is 222 g/mol. The minimum Gasteiger partial charge on any atom is -0.477 e. The quantitative estimate of drug-likeness (QED) is 0.598. The van der Waals surface area contributed by atoms with E-state index in [-0.39, 0.29) is 0 Å². The zero-order valence-electron chi connectivity index (χ0n) is 9.57. The van der Waals surface area contributed by atoms with Crippen molar-refractivity contribution in [2.24, 2.45) is 11.8 Å². The van der Waals surface area contributed by atoms with Gasteiger partial charge in [0.25, 0.3) is 0 Å². The number of hydrogen-bond donors (Lipinski definition) is 2. The molecule has 1 fully saturated rings. The lowest BCUT2D eigenvalue weighted by atomic mass is 10.1. The van der Waals surface area contributed by atoms with Gasteiger partial charge in [0, 0.05) is 6.07 Å². The van der Waals surface area contributed by atoms with Crippen LogP contribution in [-0.2, 0) is 0 Å². The zero-order valence-corrected chi connectivity index (χ0v) is 9.57. The van der Waals surface area contributed by atoms with E-state index in [1.54, 1.807) is 6.07 Å². The molecule has 0 spiro atoms. The molecule has 0 saturated heterocycles. The molecule has 0 radical (unpaired) electrons. The van der Waals surface area contributed by atoms with E-state index in [0.717, 1.165) is 6.61 Å². The highest BCUT2D eigenvalue weighted by molar-refractivity contribution is 5.36. The molecule has 0 bridgehead atoms. The Hall–Kier alpha value is -1.36. The van der Waals surface area contributed by atoms with Crippen molar-refractivity contribution >= 4 is 5.82 Å². The largest absolute Gasteiger partial charge is 0.477 e. The molecule has 0 amide bonds. The molecule has 3 N–H and O–H groups in total. The van der Waals surface area contributed by atoms with Crippen molar-refractivity contribution in [3.63, 3.8) is 0 Å². The molecule has 5 heteroatoms. The van der Waals surface area contributed by atoms with Gasteiger partial charge >= 0.3 is 0 Å². The van der Waals surface area contributed by atoms with Gasteiger partial charge in [-0.1, -0.05) is 12.8 Å². The maximum Gasteiger partial charge on any atom is 0.218 e. The summed E-state index contributed by atoms with van der Waals surface area (Å²) in [6.45, 7) is 2.57. The number of nitrogens with one attached hydrogen (secondary N) is 1. The summed E-state index contributed by atoms with van der Waals surface area (Å²) < 4.78 is 5.67. The van der Waals surface area contributed by atoms with Gasteiger partial charge in [0.1, 0.15) is 11.6 Å². The van der Waals surface area contributed by atoms with Crippen LogP contribution < -0.4 is 16.0 Å². The number of hydrazine groups is 1. The molecule has 16 heavy (non-hydrogen) atoms. The summed E-state index contributed by atoms with van der Waals surface area (Å²) in [4.78, 5) is 8.32. The highest BCUT2D eigenvalue weighted by Crippen LogP contribution is 2.25. The molecule has 0 unspecified atom stereocenters. The molecule has 1 aliphatic carbocycles. The number of nitrogens with zero attached hydrogens (tertiary/aromatic N) is 2. The van der Waals surface area contributed by atoms with Gasteiger partial charge < -0.3 is 10.2 Å². The first-order valence-electron chi connectivity index (χ1n) is 5.73. The van der Waals surface area contributed by atoms with Crippen molar-refractivity contribution in [1.82, 2.24) is 9.97 Å². The van der Waals surface area contributed by atoms with E-state index >= 15 is 0 Å². The summed E-state index contributed by atoms with van der Waals surface area (Å²) in [7, 11) is 0. The van der Waals surface area contributed by atoms with Gasteiger partial charge in [-0.2, -0.15) is 4.98 Å². The number of nitrogens with two attached hydrogens (primary N) is 1. The molecule has 1 saturated carbocycles. The fraction of sp³-hybridized carbons (Fsp3) is 0.636. The Morgan fingerprint density at radius 2 is 2.19 bits per heavy atom. The summed E-state index contributed by atoms with van der Waals surface area (Å²) in [5.74, 6) is 7.85. The van der Waals surface area contributed by atoms with Gasteiger partial charge in [-0.3, -0.25) is 0 Å². The average Bonchev–Trinajstić information content (AvgIpc) is 2.78. The minimum absolute atomic E-state index is 0.592. The summed E-state index contributed by atoms with van der Waals surface area (Å²) in [5, 5.41) is 0. The SMILES string of the molecule is Cc1nc(NN)cc(OCC2CCCC2)n1. The standard InChI is InChI=1S/C11H18N4O/c1-8-13-10(15-12)6-11(14-8)16-7-9-4-2-3-5-9/h6,9H,2-5,7,12H2,1H3,(H,13,14,15). The number of ether oxygens (including phenoxy) is 1. The molecular weight excluding hydrogens is 204 g/mol. The molecule has 0 aliphatic heterocycles. The predicted molar refractivity (Wildman–Crippen MR) is 62.0 cm³/mol. The number of aryl methyl sites for hydroxylation is 1. The van der Waals surface area contributed by atoms with E-state index in [4.69, 9.17) is 10.6 Å². The Balaban J connectivity index is 1.94. The van der Waals surface area contributed by atoms with Gasteiger partial charge in [0.2, 0.25) is 5.88 Å². The molecule has 1 aromatic rings. The van der Waals surface area contributed by atoms with Crippen LogP contribution in [0.4, 0.5) is 5.82 Å². The van der Waals surface area contributed by atoms with Gasteiger partial charge in [0.05, 0.1) is 6.61 Å². The smallest absolute Gasteiger partial charge is 0.218 e. The second kappa shape index (κ2) is 5.12. The predicted octanol–water partition coefficient (Wildman–Crippen LogP) is 1.64. The third-order valence-electron chi connectivity index (χ3n) is 2.90. The fourth-order valence-electron chi connectivity index (χ4n) is 2.07. The lowest BCUT2D eigenvalue weighted by Gasteiger charge is -2.11. The number of hydrogen-bond acceptors (Lipinski definition) is 5. The van der Waals surface area contributed by atoms with Crippen LogP contribution in [0, 0.1) is 12.8 Å². The molecular formula is C11H18N4O. The first-order valence-corrected chi connectivity index (χ1v) is 5.73. The van der Waals surface area contributed by atoms with Gasteiger partial charge in [0.15, 0.2) is 0 Å². The summed E-state index contributed by atoms with van der Waals surface area (Å²) in [6.07, 6.45) is 5.19. The topological polar surface area (TPSA) is 73.1 Å². The Labute approximate surface area is 95.4 Å².